The van der Waals surface area contributed by atoms with Crippen molar-refractivity contribution in [1.29, 1.82) is 0 Å². The molecule has 3 amide bonds. The topological polar surface area (TPSA) is 193 Å². The van der Waals surface area contributed by atoms with Gasteiger partial charge in [-0.1, -0.05) is 117 Å². The van der Waals surface area contributed by atoms with Gasteiger partial charge in [-0.2, -0.15) is 0 Å². The molecule has 0 bridgehead atoms. The molecular weight excluding hydrogens is 889 g/mol. The van der Waals surface area contributed by atoms with Gasteiger partial charge in [-0.15, -0.1) is 10.2 Å². The predicted molar refractivity (Wildman–Crippen MR) is 271 cm³/mol. The van der Waals surface area contributed by atoms with E-state index in [0.717, 1.165) is 36.8 Å². The number of nitrogens with one attached hydrogen (secondary N) is 2. The van der Waals surface area contributed by atoms with E-state index in [9.17, 15) is 24.0 Å². The molecule has 1 aliphatic heterocycles. The molecule has 0 aliphatic carbocycles. The van der Waals surface area contributed by atoms with Crippen molar-refractivity contribution in [2.75, 3.05) is 34.4 Å². The number of carboxylic acid groups (broad SMARTS) is 1. The summed E-state index contributed by atoms with van der Waals surface area (Å²) in [6, 6.07) is 17.3. The number of aliphatic carboxylic acids is 1. The van der Waals surface area contributed by atoms with Gasteiger partial charge < -0.3 is 34.5 Å². The highest BCUT2D eigenvalue weighted by molar-refractivity contribution is 5.91. The van der Waals surface area contributed by atoms with Crippen LogP contribution in [0.3, 0.4) is 0 Å². The third-order valence-corrected chi connectivity index (χ3v) is 14.4. The van der Waals surface area contributed by atoms with Crippen molar-refractivity contribution in [3.05, 3.63) is 72.1 Å². The number of ether oxygens (including phenoxy) is 2. The fourth-order valence-corrected chi connectivity index (χ4v) is 10.3. The number of ketones is 1. The van der Waals surface area contributed by atoms with Crippen molar-refractivity contribution in [3.8, 4) is 11.5 Å². The van der Waals surface area contributed by atoms with Crippen LogP contribution >= 0.6 is 0 Å². The number of carboxylic acids is 1. The van der Waals surface area contributed by atoms with Gasteiger partial charge in [0, 0.05) is 45.6 Å². The second-order valence-corrected chi connectivity index (χ2v) is 20.5. The highest BCUT2D eigenvalue weighted by atomic mass is 16.5. The molecule has 15 nitrogen and oxygen atoms in total. The minimum atomic E-state index is -0.805. The van der Waals surface area contributed by atoms with Crippen molar-refractivity contribution >= 4 is 29.5 Å². The Bertz CT molecular complexity index is 2060. The van der Waals surface area contributed by atoms with Crippen LogP contribution in [0, 0.1) is 35.5 Å². The maximum atomic E-state index is 14.5. The highest BCUT2D eigenvalue weighted by Crippen LogP contribution is 2.34. The number of benzene rings is 2. The minimum Gasteiger partial charge on any atom is -0.481 e. The quantitative estimate of drug-likeness (QED) is 0.0521. The lowest BCUT2D eigenvalue weighted by Crippen LogP contribution is -2.54. The number of methoxy groups -OCH3 is 2. The van der Waals surface area contributed by atoms with E-state index in [1.165, 1.54) is 0 Å². The van der Waals surface area contributed by atoms with E-state index in [0.29, 0.717) is 50.6 Å². The third-order valence-electron chi connectivity index (χ3n) is 14.4. The summed E-state index contributed by atoms with van der Waals surface area (Å²) in [6.45, 7) is 17.3. The lowest BCUT2D eigenvalue weighted by atomic mass is 9.77. The van der Waals surface area contributed by atoms with Crippen molar-refractivity contribution in [2.24, 2.45) is 35.5 Å². The van der Waals surface area contributed by atoms with Gasteiger partial charge >= 0.3 is 5.97 Å². The molecule has 388 valence electrons. The van der Waals surface area contributed by atoms with E-state index < -0.39 is 42.2 Å². The molecule has 15 heteroatoms. The molecule has 1 aromatic heterocycles. The summed E-state index contributed by atoms with van der Waals surface area (Å²) in [4.78, 5) is 71.5. The number of aromatic nitrogens is 2. The first kappa shape index (κ1) is 57.6. The molecule has 3 N–H and O–H groups in total. The van der Waals surface area contributed by atoms with E-state index in [1.807, 2.05) is 112 Å². The number of carbonyl (C=O) groups is 5. The van der Waals surface area contributed by atoms with E-state index in [4.69, 9.17) is 19.0 Å². The highest BCUT2D eigenvalue weighted by Gasteiger charge is 2.42. The van der Waals surface area contributed by atoms with Crippen LogP contribution in [0.4, 0.5) is 0 Å². The van der Waals surface area contributed by atoms with Gasteiger partial charge in [0.25, 0.3) is 0 Å². The van der Waals surface area contributed by atoms with Crippen molar-refractivity contribution in [1.82, 2.24) is 30.6 Å². The van der Waals surface area contributed by atoms with Gasteiger partial charge in [0.15, 0.2) is 5.78 Å². The molecule has 0 radical (unpaired) electrons. The first-order valence-corrected chi connectivity index (χ1v) is 25.7. The Morgan fingerprint density at radius 1 is 0.843 bits per heavy atom. The lowest BCUT2D eigenvalue weighted by Gasteiger charge is -2.37. The molecule has 2 unspecified atom stereocenters. The summed E-state index contributed by atoms with van der Waals surface area (Å²) in [7, 11) is 5.15. The molecule has 1 saturated heterocycles. The first-order chi connectivity index (χ1) is 33.4. The van der Waals surface area contributed by atoms with Crippen LogP contribution in [-0.2, 0) is 39.9 Å². The molecule has 70 heavy (non-hydrogen) atoms. The Morgan fingerprint density at radius 2 is 1.51 bits per heavy atom. The normalized spacial score (nSPS) is 17.9. The van der Waals surface area contributed by atoms with Crippen molar-refractivity contribution in [3.63, 3.8) is 0 Å². The van der Waals surface area contributed by atoms with Crippen LogP contribution in [0.5, 0.6) is 0 Å². The molecule has 2 aromatic carbocycles. The first-order valence-electron chi connectivity index (χ1n) is 25.7. The summed E-state index contributed by atoms with van der Waals surface area (Å²) in [6.07, 6.45) is 5.07. The van der Waals surface area contributed by atoms with Crippen molar-refractivity contribution < 1.29 is 43.0 Å². The number of Topliss-reactive ketones (excluding diaryl/α,β-unsaturated/α-hetero) is 1. The molecule has 0 saturated carbocycles. The van der Waals surface area contributed by atoms with Crippen LogP contribution < -0.4 is 10.6 Å². The fraction of sp³-hybridized carbons (Fsp3) is 0.655. The van der Waals surface area contributed by atoms with Gasteiger partial charge in [0.2, 0.25) is 29.5 Å². The maximum absolute atomic E-state index is 14.5. The number of nitrogens with zero attached hydrogens (tertiary/aromatic N) is 4. The Kier molecular flexibility index (Phi) is 23.7. The monoisotopic (exact) mass is 973 g/mol. The number of likely N-dealkylation sites (N-methyl/N-ethyl adjacent to an activating group) is 1. The zero-order chi connectivity index (χ0) is 51.5. The lowest BCUT2D eigenvalue weighted by molar-refractivity contribution is -0.143. The average molecular weight is 973 g/mol. The third kappa shape index (κ3) is 16.8. The van der Waals surface area contributed by atoms with Crippen LogP contribution in [-0.4, -0.2) is 119 Å². The smallest absolute Gasteiger partial charge is 0.303 e. The zero-order valence-corrected chi connectivity index (χ0v) is 43.9. The van der Waals surface area contributed by atoms with Crippen LogP contribution in [0.1, 0.15) is 137 Å². The number of carbonyl (C=O) groups excluding carboxylic acids is 4. The standard InChI is InChI=1S/C55H84N6O9/c1-12-38(7)42(31-37(6)32-45(62)49(35(2)3)57-53(67)50(36(4)5)60(9)29-21-15-20-28-48(64)65)46(68-10)34-47(63)61-30-22-27-44(61)51(69-11)39(8)52(66)56-43(33-40-23-16-13-17-24-40)55-59-58-54(70-55)41-25-18-14-19-26-41/h13-14,16-19,23-26,35-39,42-44,46,49-51H,12,15,20-22,27-34H2,1-11H3,(H,56,66)(H,57,67)(H,64,65)/t37?,38-,39+,42-,43?,44-,46+,49-,50-,51+/m0/s1. The molecule has 0 spiro atoms. The van der Waals surface area contributed by atoms with E-state index in [2.05, 4.69) is 41.6 Å². The number of rotatable bonds is 31. The summed E-state index contributed by atoms with van der Waals surface area (Å²) >= 11 is 0. The Balaban J connectivity index is 1.42. The van der Waals surface area contributed by atoms with Gasteiger partial charge in [-0.05, 0) is 93.0 Å². The summed E-state index contributed by atoms with van der Waals surface area (Å²) in [5.74, 6) is -1.32. The van der Waals surface area contributed by atoms with Crippen LogP contribution in [0.15, 0.2) is 65.1 Å². The second-order valence-electron chi connectivity index (χ2n) is 20.5. The molecule has 1 fully saturated rings. The summed E-state index contributed by atoms with van der Waals surface area (Å²) in [5.41, 5.74) is 1.77. The van der Waals surface area contributed by atoms with Gasteiger partial charge in [0.1, 0.15) is 6.04 Å². The molecule has 1 aliphatic rings. The number of amides is 3. The van der Waals surface area contributed by atoms with Crippen LogP contribution in [0.25, 0.3) is 11.5 Å². The average Bonchev–Trinajstić information content (AvgIpc) is 4.03. The molecule has 3 aromatic rings. The van der Waals surface area contributed by atoms with E-state index in [-0.39, 0.29) is 78.4 Å². The van der Waals surface area contributed by atoms with Gasteiger partial charge in [0.05, 0.1) is 42.7 Å². The number of hydrogen-bond acceptors (Lipinski definition) is 11. The second kappa shape index (κ2) is 28.8. The van der Waals surface area contributed by atoms with Crippen molar-refractivity contribution in [2.45, 2.75) is 162 Å². The summed E-state index contributed by atoms with van der Waals surface area (Å²) < 4.78 is 18.4. The largest absolute Gasteiger partial charge is 0.481 e. The maximum Gasteiger partial charge on any atom is 0.303 e. The predicted octanol–water partition coefficient (Wildman–Crippen LogP) is 8.57. The van der Waals surface area contributed by atoms with E-state index in [1.54, 1.807) is 14.2 Å². The number of hydrogen-bond donors (Lipinski definition) is 3. The number of unbranched alkanes of at least 4 members (excludes halogenated alkanes) is 2. The molecule has 2 heterocycles. The van der Waals surface area contributed by atoms with Crippen LogP contribution in [0.2, 0.25) is 0 Å². The van der Waals surface area contributed by atoms with Gasteiger partial charge in [-0.3, -0.25) is 28.9 Å². The molecular formula is C55H84N6O9. The van der Waals surface area contributed by atoms with Gasteiger partial charge in [-0.25, -0.2) is 0 Å². The molecule has 4 rings (SSSR count). The SMILES string of the molecule is CC[C@H](C)[C@H](CC(C)CC(=O)[C@@H](NC(=O)[C@H](C(C)C)N(C)CCCCCC(=O)O)C(C)C)[C@@H](CC(=O)N1CCC[C@H]1[C@H](OC)[C@@H](C)C(=O)NC(Cc1ccccc1)c1nnc(-c2ccccc2)o1)OC. The Labute approximate surface area is 417 Å². The number of likely N-dealkylation sites (tertiary alicyclic amines) is 1. The molecule has 10 atom stereocenters. The fourth-order valence-electron chi connectivity index (χ4n) is 10.3. The Hall–Kier alpha value is -4.99. The summed E-state index contributed by atoms with van der Waals surface area (Å²) in [5, 5.41) is 23.9. The Morgan fingerprint density at radius 3 is 2.11 bits per heavy atom. The zero-order valence-electron chi connectivity index (χ0n) is 43.9. The van der Waals surface area contributed by atoms with E-state index >= 15 is 0 Å². The minimum absolute atomic E-state index is 0.00364.